The lowest BCUT2D eigenvalue weighted by Crippen LogP contribution is -2.42. The molecule has 2 saturated carbocycles. The van der Waals surface area contributed by atoms with Crippen LogP contribution in [-0.2, 0) is 14.4 Å². The molecule has 0 bridgehead atoms. The predicted octanol–water partition coefficient (Wildman–Crippen LogP) is 2.25. The standard InChI is InChI=1S/C18H28N2O3/c1-12-6-2-5-9-15(12)19-16(21)10-11-20-17(22)13-7-3-4-8-14(13)18(20)23/h12-15H,2-11H2,1H3,(H,19,21). The summed E-state index contributed by atoms with van der Waals surface area (Å²) in [6, 6.07) is 0.254. The minimum atomic E-state index is -0.113. The number of amides is 3. The van der Waals surface area contributed by atoms with Crippen molar-refractivity contribution in [3.8, 4) is 0 Å². The van der Waals surface area contributed by atoms with Gasteiger partial charge in [-0.05, 0) is 31.6 Å². The number of rotatable bonds is 4. The highest BCUT2D eigenvalue weighted by Crippen LogP contribution is 2.38. The summed E-state index contributed by atoms with van der Waals surface area (Å²) in [5.74, 6) is 0.178. The number of imide groups is 1. The molecule has 2 aliphatic carbocycles. The van der Waals surface area contributed by atoms with E-state index in [1.54, 1.807) is 0 Å². The maximum Gasteiger partial charge on any atom is 0.233 e. The molecule has 5 nitrogen and oxygen atoms in total. The van der Waals surface area contributed by atoms with E-state index < -0.39 is 0 Å². The average molecular weight is 320 g/mol. The number of carbonyl (C=O) groups is 3. The quantitative estimate of drug-likeness (QED) is 0.808. The van der Waals surface area contributed by atoms with E-state index in [4.69, 9.17) is 0 Å². The maximum absolute atomic E-state index is 12.4. The number of fused-ring (bicyclic) bond motifs is 1. The number of nitrogens with one attached hydrogen (secondary N) is 1. The SMILES string of the molecule is CC1CCCCC1NC(=O)CCN1C(=O)C2CCCCC2C1=O. The van der Waals surface area contributed by atoms with Gasteiger partial charge in [0.1, 0.15) is 0 Å². The lowest BCUT2D eigenvalue weighted by molar-refractivity contribution is -0.140. The van der Waals surface area contributed by atoms with Gasteiger partial charge < -0.3 is 5.32 Å². The van der Waals surface area contributed by atoms with E-state index in [1.165, 1.54) is 17.7 Å². The van der Waals surface area contributed by atoms with Gasteiger partial charge in [-0.25, -0.2) is 0 Å². The van der Waals surface area contributed by atoms with E-state index >= 15 is 0 Å². The van der Waals surface area contributed by atoms with Gasteiger partial charge >= 0.3 is 0 Å². The van der Waals surface area contributed by atoms with E-state index in [1.807, 2.05) is 0 Å². The van der Waals surface area contributed by atoms with Gasteiger partial charge in [0.05, 0.1) is 11.8 Å². The third kappa shape index (κ3) is 3.43. The molecule has 128 valence electrons. The van der Waals surface area contributed by atoms with Gasteiger partial charge in [0.25, 0.3) is 0 Å². The third-order valence-corrected chi connectivity index (χ3v) is 5.95. The van der Waals surface area contributed by atoms with Gasteiger partial charge in [0.15, 0.2) is 0 Å². The fourth-order valence-corrected chi connectivity index (χ4v) is 4.47. The third-order valence-electron chi connectivity index (χ3n) is 5.95. The predicted molar refractivity (Wildman–Crippen MR) is 86.3 cm³/mol. The molecule has 3 aliphatic rings. The molecule has 5 heteroatoms. The smallest absolute Gasteiger partial charge is 0.233 e. The van der Waals surface area contributed by atoms with Gasteiger partial charge in [-0.3, -0.25) is 19.3 Å². The molecule has 3 amide bonds. The zero-order valence-corrected chi connectivity index (χ0v) is 14.1. The van der Waals surface area contributed by atoms with E-state index in [0.717, 1.165) is 38.5 Å². The Bertz CT molecular complexity index is 467. The first kappa shape index (κ1) is 16.5. The van der Waals surface area contributed by atoms with Crippen molar-refractivity contribution in [2.75, 3.05) is 6.54 Å². The Morgan fingerprint density at radius 3 is 2.17 bits per heavy atom. The molecular formula is C18H28N2O3. The zero-order chi connectivity index (χ0) is 16.4. The minimum absolute atomic E-state index is 0.0285. The second-order valence-electron chi connectivity index (χ2n) is 7.51. The Labute approximate surface area is 138 Å². The van der Waals surface area contributed by atoms with Crippen molar-refractivity contribution < 1.29 is 14.4 Å². The van der Waals surface area contributed by atoms with Gasteiger partial charge in [0.2, 0.25) is 17.7 Å². The first-order valence-electron chi connectivity index (χ1n) is 9.22. The van der Waals surface area contributed by atoms with Crippen LogP contribution in [0.2, 0.25) is 0 Å². The molecule has 1 saturated heterocycles. The highest BCUT2D eigenvalue weighted by atomic mass is 16.2. The van der Waals surface area contributed by atoms with Crippen LogP contribution < -0.4 is 5.32 Å². The van der Waals surface area contributed by atoms with Crippen molar-refractivity contribution >= 4 is 17.7 Å². The normalized spacial score (nSPS) is 34.4. The van der Waals surface area contributed by atoms with Crippen LogP contribution in [0.25, 0.3) is 0 Å². The summed E-state index contributed by atoms with van der Waals surface area (Å²) in [6.45, 7) is 2.43. The number of nitrogens with zero attached hydrogens (tertiary/aromatic N) is 1. The Balaban J connectivity index is 1.50. The molecule has 1 N–H and O–H groups in total. The van der Waals surface area contributed by atoms with Crippen LogP contribution in [0, 0.1) is 17.8 Å². The summed E-state index contributed by atoms with van der Waals surface area (Å²) in [5, 5.41) is 3.10. The van der Waals surface area contributed by atoms with Crippen LogP contribution in [0.4, 0.5) is 0 Å². The maximum atomic E-state index is 12.4. The molecule has 0 aromatic heterocycles. The number of likely N-dealkylation sites (tertiary alicyclic amines) is 1. The van der Waals surface area contributed by atoms with Crippen molar-refractivity contribution in [2.45, 2.75) is 70.8 Å². The largest absolute Gasteiger partial charge is 0.353 e. The minimum Gasteiger partial charge on any atom is -0.353 e. The van der Waals surface area contributed by atoms with Gasteiger partial charge in [0, 0.05) is 19.0 Å². The molecule has 0 aromatic carbocycles. The molecule has 4 unspecified atom stereocenters. The summed E-state index contributed by atoms with van der Waals surface area (Å²) in [7, 11) is 0. The van der Waals surface area contributed by atoms with Crippen LogP contribution >= 0.6 is 0 Å². The molecule has 3 fully saturated rings. The number of hydrogen-bond acceptors (Lipinski definition) is 3. The van der Waals surface area contributed by atoms with Gasteiger partial charge in [-0.2, -0.15) is 0 Å². The Morgan fingerprint density at radius 1 is 1.00 bits per heavy atom. The summed E-state index contributed by atoms with van der Waals surface area (Å²) in [6.07, 6.45) is 8.59. The van der Waals surface area contributed by atoms with Crippen LogP contribution in [-0.4, -0.2) is 35.2 Å². The second-order valence-corrected chi connectivity index (χ2v) is 7.51. The molecule has 1 heterocycles. The molecule has 0 spiro atoms. The van der Waals surface area contributed by atoms with Crippen LogP contribution in [0.3, 0.4) is 0 Å². The van der Waals surface area contributed by atoms with Crippen molar-refractivity contribution in [3.05, 3.63) is 0 Å². The van der Waals surface area contributed by atoms with Crippen LogP contribution in [0.15, 0.2) is 0 Å². The van der Waals surface area contributed by atoms with Crippen molar-refractivity contribution in [1.29, 1.82) is 0 Å². The van der Waals surface area contributed by atoms with E-state index in [2.05, 4.69) is 12.2 Å². The monoisotopic (exact) mass is 320 g/mol. The summed E-state index contributed by atoms with van der Waals surface area (Å²) in [4.78, 5) is 38.3. The summed E-state index contributed by atoms with van der Waals surface area (Å²) in [5.41, 5.74) is 0. The molecule has 0 radical (unpaired) electrons. The lowest BCUT2D eigenvalue weighted by Gasteiger charge is -2.29. The molecule has 0 aromatic rings. The van der Waals surface area contributed by atoms with Gasteiger partial charge in [-0.15, -0.1) is 0 Å². The molecule has 1 aliphatic heterocycles. The topological polar surface area (TPSA) is 66.5 Å². The van der Waals surface area contributed by atoms with Crippen LogP contribution in [0.1, 0.15) is 64.7 Å². The lowest BCUT2D eigenvalue weighted by atomic mass is 9.81. The Morgan fingerprint density at radius 2 is 1.57 bits per heavy atom. The number of carbonyl (C=O) groups excluding carboxylic acids is 3. The van der Waals surface area contributed by atoms with Gasteiger partial charge in [-0.1, -0.05) is 32.6 Å². The molecule has 23 heavy (non-hydrogen) atoms. The van der Waals surface area contributed by atoms with E-state index in [9.17, 15) is 14.4 Å². The van der Waals surface area contributed by atoms with Crippen molar-refractivity contribution in [3.63, 3.8) is 0 Å². The van der Waals surface area contributed by atoms with E-state index in [0.29, 0.717) is 5.92 Å². The summed E-state index contributed by atoms with van der Waals surface area (Å²) >= 11 is 0. The first-order valence-corrected chi connectivity index (χ1v) is 9.22. The highest BCUT2D eigenvalue weighted by molar-refractivity contribution is 6.05. The molecule has 4 atom stereocenters. The van der Waals surface area contributed by atoms with E-state index in [-0.39, 0.29) is 48.6 Å². The Kier molecular flexibility index (Phi) is 5.02. The number of hydrogen-bond donors (Lipinski definition) is 1. The fraction of sp³-hybridized carbons (Fsp3) is 0.833. The molecule has 3 rings (SSSR count). The average Bonchev–Trinajstić information content (AvgIpc) is 2.80. The highest BCUT2D eigenvalue weighted by Gasteiger charge is 2.47. The molecular weight excluding hydrogens is 292 g/mol. The summed E-state index contributed by atoms with van der Waals surface area (Å²) < 4.78 is 0. The Hall–Kier alpha value is -1.39. The van der Waals surface area contributed by atoms with Crippen LogP contribution in [0.5, 0.6) is 0 Å². The zero-order valence-electron chi connectivity index (χ0n) is 14.1. The fourth-order valence-electron chi connectivity index (χ4n) is 4.47. The van der Waals surface area contributed by atoms with Crippen molar-refractivity contribution in [1.82, 2.24) is 10.2 Å². The van der Waals surface area contributed by atoms with Crippen molar-refractivity contribution in [2.24, 2.45) is 17.8 Å². The second kappa shape index (κ2) is 7.02. The first-order chi connectivity index (χ1) is 11.1.